The average molecular weight is 568 g/mol. The van der Waals surface area contributed by atoms with Gasteiger partial charge in [-0.3, -0.25) is 5.32 Å². The van der Waals surface area contributed by atoms with Crippen molar-refractivity contribution in [2.45, 2.75) is 25.7 Å². The Morgan fingerprint density at radius 1 is 0.854 bits per heavy atom. The monoisotopic (exact) mass is 567 g/mol. The smallest absolute Gasteiger partial charge is 0.411 e. The van der Waals surface area contributed by atoms with Crippen LogP contribution in [0.25, 0.3) is 17.2 Å². The first-order valence-electron chi connectivity index (χ1n) is 13.6. The van der Waals surface area contributed by atoms with Crippen LogP contribution in [0.2, 0.25) is 5.02 Å². The van der Waals surface area contributed by atoms with Gasteiger partial charge in [0.05, 0.1) is 17.3 Å². The molecule has 4 aromatic rings. The number of hydrogen-bond acceptors (Lipinski definition) is 5. The number of carbonyl (C=O) groups excluding carboxylic acids is 2. The number of hydrogen-bond donors (Lipinski definition) is 1. The van der Waals surface area contributed by atoms with Crippen molar-refractivity contribution in [1.82, 2.24) is 0 Å². The molecule has 0 radical (unpaired) electrons. The maximum Gasteiger partial charge on any atom is 0.411 e. The topological polar surface area (TPSA) is 73.9 Å². The van der Waals surface area contributed by atoms with E-state index in [2.05, 4.69) is 29.6 Å². The molecule has 0 bridgehead atoms. The van der Waals surface area contributed by atoms with E-state index in [1.165, 1.54) is 6.08 Å². The van der Waals surface area contributed by atoms with E-state index in [4.69, 9.17) is 25.8 Å². The van der Waals surface area contributed by atoms with Crippen molar-refractivity contribution in [3.8, 4) is 22.6 Å². The number of benzene rings is 4. The number of unbranched alkanes of at least 4 members (excludes halogenated alkanes) is 1. The van der Waals surface area contributed by atoms with Gasteiger partial charge < -0.3 is 14.2 Å². The van der Waals surface area contributed by atoms with Crippen LogP contribution in [0.1, 0.15) is 42.4 Å². The maximum absolute atomic E-state index is 13.2. The first kappa shape index (κ1) is 28.0. The predicted octanol–water partition coefficient (Wildman–Crippen LogP) is 8.85. The molecular weight excluding hydrogens is 538 g/mol. The van der Waals surface area contributed by atoms with Crippen LogP contribution in [0, 0.1) is 0 Å². The summed E-state index contributed by atoms with van der Waals surface area (Å²) in [5.41, 5.74) is 5.29. The minimum Gasteiger partial charge on any atom is -0.463 e. The van der Waals surface area contributed by atoms with E-state index < -0.39 is 12.1 Å². The summed E-state index contributed by atoms with van der Waals surface area (Å²) in [5, 5.41) is 3.10. The molecule has 1 aliphatic rings. The van der Waals surface area contributed by atoms with Gasteiger partial charge in [0.15, 0.2) is 5.75 Å². The van der Waals surface area contributed by atoms with Gasteiger partial charge in [0.1, 0.15) is 12.4 Å². The van der Waals surface area contributed by atoms with Crippen molar-refractivity contribution in [1.29, 1.82) is 0 Å². The fourth-order valence-electron chi connectivity index (χ4n) is 4.81. The van der Waals surface area contributed by atoms with E-state index in [0.717, 1.165) is 35.1 Å². The molecule has 1 amide bonds. The summed E-state index contributed by atoms with van der Waals surface area (Å²) in [6.45, 7) is 2.50. The Labute approximate surface area is 244 Å². The lowest BCUT2D eigenvalue weighted by atomic mass is 9.98. The summed E-state index contributed by atoms with van der Waals surface area (Å²) in [6, 6.07) is 28.7. The lowest BCUT2D eigenvalue weighted by molar-refractivity contribution is -0.137. The third kappa shape index (κ3) is 6.61. The highest BCUT2D eigenvalue weighted by atomic mass is 35.5. The van der Waals surface area contributed by atoms with Crippen LogP contribution >= 0.6 is 11.6 Å². The zero-order valence-electron chi connectivity index (χ0n) is 22.6. The minimum absolute atomic E-state index is 0.0928. The molecule has 7 heteroatoms. The molecule has 1 aliphatic carbocycles. The normalized spacial score (nSPS) is 12.0. The number of para-hydroxylation sites is 1. The summed E-state index contributed by atoms with van der Waals surface area (Å²) in [5.74, 6) is 0.189. The molecule has 0 heterocycles. The Morgan fingerprint density at radius 2 is 1.51 bits per heavy atom. The molecule has 5 rings (SSSR count). The van der Waals surface area contributed by atoms with Crippen LogP contribution in [-0.2, 0) is 14.3 Å². The molecule has 0 unspecified atom stereocenters. The molecule has 0 aliphatic heterocycles. The van der Waals surface area contributed by atoms with Gasteiger partial charge >= 0.3 is 12.1 Å². The summed E-state index contributed by atoms with van der Waals surface area (Å²) in [4.78, 5) is 25.5. The van der Waals surface area contributed by atoms with Crippen LogP contribution in [0.4, 0.5) is 10.5 Å². The first-order chi connectivity index (χ1) is 20.0. The van der Waals surface area contributed by atoms with E-state index in [1.54, 1.807) is 30.3 Å². The van der Waals surface area contributed by atoms with Crippen LogP contribution in [0.3, 0.4) is 0 Å². The maximum atomic E-state index is 13.2. The SMILES string of the molecule is CCCCOC(=O)C=Cc1ccc(Cl)c(Oc2ccccc2)c1NC(=O)OCC1c2ccccc2-c2ccccc21. The van der Waals surface area contributed by atoms with E-state index in [9.17, 15) is 9.59 Å². The number of anilines is 1. The van der Waals surface area contributed by atoms with E-state index >= 15 is 0 Å². The van der Waals surface area contributed by atoms with Gasteiger partial charge in [-0.05, 0) is 52.9 Å². The lowest BCUT2D eigenvalue weighted by Gasteiger charge is -2.18. The quantitative estimate of drug-likeness (QED) is 0.118. The second-order valence-electron chi connectivity index (χ2n) is 9.56. The molecule has 0 fully saturated rings. The Morgan fingerprint density at radius 3 is 2.20 bits per heavy atom. The van der Waals surface area contributed by atoms with Gasteiger partial charge in [-0.1, -0.05) is 97.7 Å². The second-order valence-corrected chi connectivity index (χ2v) is 9.97. The minimum atomic E-state index is -0.674. The summed E-state index contributed by atoms with van der Waals surface area (Å²) in [7, 11) is 0. The lowest BCUT2D eigenvalue weighted by Crippen LogP contribution is -2.19. The average Bonchev–Trinajstić information content (AvgIpc) is 3.31. The Kier molecular flexibility index (Phi) is 9.02. The second kappa shape index (κ2) is 13.2. The van der Waals surface area contributed by atoms with Crippen molar-refractivity contribution in [2.75, 3.05) is 18.5 Å². The number of rotatable bonds is 10. The van der Waals surface area contributed by atoms with Crippen molar-refractivity contribution in [3.63, 3.8) is 0 Å². The highest BCUT2D eigenvalue weighted by Gasteiger charge is 2.29. The Balaban J connectivity index is 1.38. The van der Waals surface area contributed by atoms with Gasteiger partial charge in [-0.2, -0.15) is 0 Å². The van der Waals surface area contributed by atoms with Crippen molar-refractivity contribution in [2.24, 2.45) is 0 Å². The van der Waals surface area contributed by atoms with Gasteiger partial charge in [0, 0.05) is 17.6 Å². The van der Waals surface area contributed by atoms with Crippen LogP contribution in [0.15, 0.2) is 97.1 Å². The highest BCUT2D eigenvalue weighted by Crippen LogP contribution is 2.45. The van der Waals surface area contributed by atoms with Gasteiger partial charge in [-0.25, -0.2) is 9.59 Å². The molecular formula is C34H30ClNO5. The van der Waals surface area contributed by atoms with Crippen LogP contribution in [-0.4, -0.2) is 25.3 Å². The fourth-order valence-corrected chi connectivity index (χ4v) is 5.00. The summed E-state index contributed by atoms with van der Waals surface area (Å²) in [6.07, 6.45) is 3.90. The number of amides is 1. The largest absolute Gasteiger partial charge is 0.463 e. The molecule has 0 saturated carbocycles. The zero-order chi connectivity index (χ0) is 28.6. The predicted molar refractivity (Wildman–Crippen MR) is 162 cm³/mol. The third-order valence-electron chi connectivity index (χ3n) is 6.82. The third-order valence-corrected chi connectivity index (χ3v) is 7.11. The highest BCUT2D eigenvalue weighted by molar-refractivity contribution is 6.32. The number of nitrogens with one attached hydrogen (secondary N) is 1. The van der Waals surface area contributed by atoms with Gasteiger partial charge in [0.2, 0.25) is 0 Å². The van der Waals surface area contributed by atoms with E-state index in [-0.39, 0.29) is 29.0 Å². The fraction of sp³-hybridized carbons (Fsp3) is 0.176. The summed E-state index contributed by atoms with van der Waals surface area (Å²) < 4.78 is 17.1. The Hall–Kier alpha value is -4.55. The number of halogens is 1. The first-order valence-corrected chi connectivity index (χ1v) is 13.9. The number of carbonyl (C=O) groups is 2. The molecule has 1 N–H and O–H groups in total. The van der Waals surface area contributed by atoms with Gasteiger partial charge in [0.25, 0.3) is 0 Å². The molecule has 0 aromatic heterocycles. The van der Waals surface area contributed by atoms with Crippen molar-refractivity contribution < 1.29 is 23.8 Å². The molecule has 0 saturated heterocycles. The van der Waals surface area contributed by atoms with Crippen molar-refractivity contribution >= 4 is 35.4 Å². The molecule has 41 heavy (non-hydrogen) atoms. The van der Waals surface area contributed by atoms with Crippen LogP contribution < -0.4 is 10.1 Å². The van der Waals surface area contributed by atoms with Crippen molar-refractivity contribution in [3.05, 3.63) is 119 Å². The molecule has 208 valence electrons. The molecule has 4 aromatic carbocycles. The molecule has 0 atom stereocenters. The van der Waals surface area contributed by atoms with Crippen LogP contribution in [0.5, 0.6) is 11.5 Å². The molecule has 6 nitrogen and oxygen atoms in total. The Bertz CT molecular complexity index is 1520. The number of esters is 1. The summed E-state index contributed by atoms with van der Waals surface area (Å²) >= 11 is 6.54. The number of fused-ring (bicyclic) bond motifs is 3. The molecule has 0 spiro atoms. The number of ether oxygens (including phenoxy) is 3. The zero-order valence-corrected chi connectivity index (χ0v) is 23.4. The van der Waals surface area contributed by atoms with E-state index in [1.807, 2.05) is 49.4 Å². The van der Waals surface area contributed by atoms with Gasteiger partial charge in [-0.15, -0.1) is 0 Å². The van der Waals surface area contributed by atoms with E-state index in [0.29, 0.717) is 17.9 Å². The standard InChI is InChI=1S/C34H30ClNO5/c1-2-3-21-39-31(37)20-18-23-17-19-30(35)33(41-24-11-5-4-6-12-24)32(23)36-34(38)40-22-29-27-15-9-7-13-25(27)26-14-8-10-16-28(26)29/h4-20,29H,2-3,21-22H2,1H3,(H,36,38).